The maximum atomic E-state index is 10.9. The molecule has 1 atom stereocenters. The minimum absolute atomic E-state index is 0.0694. The Labute approximate surface area is 113 Å². The Hall–Kier alpha value is -1.78. The van der Waals surface area contributed by atoms with E-state index in [1.54, 1.807) is 0 Å². The summed E-state index contributed by atoms with van der Waals surface area (Å²) in [6.45, 7) is 4.06. The Morgan fingerprint density at radius 1 is 1.37 bits per heavy atom. The minimum Gasteiger partial charge on any atom is -0.508 e. The van der Waals surface area contributed by atoms with Crippen molar-refractivity contribution in [1.29, 1.82) is 0 Å². The highest BCUT2D eigenvalue weighted by molar-refractivity contribution is 5.50. The van der Waals surface area contributed by atoms with Crippen LogP contribution in [0.3, 0.4) is 0 Å². The molecule has 0 bridgehead atoms. The van der Waals surface area contributed by atoms with Crippen LogP contribution >= 0.6 is 0 Å². The Kier molecular flexibility index (Phi) is 6.12. The lowest BCUT2D eigenvalue weighted by Crippen LogP contribution is -2.12. The molecule has 1 aromatic rings. The number of nitro groups is 1. The van der Waals surface area contributed by atoms with E-state index in [9.17, 15) is 15.2 Å². The zero-order valence-corrected chi connectivity index (χ0v) is 11.5. The number of nitro benzene ring substituents is 1. The molecule has 0 aliphatic heterocycles. The predicted molar refractivity (Wildman–Crippen MR) is 73.6 cm³/mol. The van der Waals surface area contributed by atoms with Gasteiger partial charge in [0.1, 0.15) is 5.75 Å². The molecule has 0 unspecified atom stereocenters. The van der Waals surface area contributed by atoms with Crippen molar-refractivity contribution in [2.45, 2.75) is 52.1 Å². The molecular weight excluding hydrogens is 246 g/mol. The lowest BCUT2D eigenvalue weighted by atomic mass is 10.1. The van der Waals surface area contributed by atoms with Gasteiger partial charge in [-0.3, -0.25) is 10.1 Å². The molecule has 5 heteroatoms. The molecule has 0 spiro atoms. The normalized spacial score (nSPS) is 12.1. The van der Waals surface area contributed by atoms with Crippen LogP contribution in [0.5, 0.6) is 11.5 Å². The molecule has 0 saturated carbocycles. The Morgan fingerprint density at radius 2 is 2.11 bits per heavy atom. The summed E-state index contributed by atoms with van der Waals surface area (Å²) in [6.07, 6.45) is 5.39. The lowest BCUT2D eigenvalue weighted by Gasteiger charge is -2.14. The van der Waals surface area contributed by atoms with Crippen LogP contribution in [-0.2, 0) is 0 Å². The van der Waals surface area contributed by atoms with Crippen LogP contribution in [0.15, 0.2) is 18.2 Å². The molecule has 0 aliphatic rings. The molecule has 1 rings (SSSR count). The summed E-state index contributed by atoms with van der Waals surface area (Å²) < 4.78 is 5.59. The van der Waals surface area contributed by atoms with Gasteiger partial charge in [-0.25, -0.2) is 0 Å². The Morgan fingerprint density at radius 3 is 2.74 bits per heavy atom. The van der Waals surface area contributed by atoms with E-state index in [-0.39, 0.29) is 23.3 Å². The van der Waals surface area contributed by atoms with Crippen LogP contribution in [-0.4, -0.2) is 16.1 Å². The first-order chi connectivity index (χ1) is 9.04. The van der Waals surface area contributed by atoms with Crippen molar-refractivity contribution < 1.29 is 14.8 Å². The molecule has 0 amide bonds. The van der Waals surface area contributed by atoms with Gasteiger partial charge in [-0.1, -0.05) is 26.2 Å². The molecule has 0 fully saturated rings. The van der Waals surface area contributed by atoms with E-state index in [0.717, 1.165) is 25.3 Å². The number of rotatable bonds is 8. The van der Waals surface area contributed by atoms with Gasteiger partial charge in [-0.2, -0.15) is 0 Å². The van der Waals surface area contributed by atoms with Gasteiger partial charge in [0.05, 0.1) is 17.1 Å². The van der Waals surface area contributed by atoms with Crippen molar-refractivity contribution >= 4 is 5.69 Å². The second kappa shape index (κ2) is 7.61. The number of nitrogens with zero attached hydrogens (tertiary/aromatic N) is 1. The van der Waals surface area contributed by atoms with E-state index in [0.29, 0.717) is 0 Å². The summed E-state index contributed by atoms with van der Waals surface area (Å²) in [5, 5.41) is 20.1. The van der Waals surface area contributed by atoms with Crippen LogP contribution in [0.1, 0.15) is 46.0 Å². The molecular formula is C14H21NO4. The molecule has 0 saturated heterocycles. The van der Waals surface area contributed by atoms with Crippen molar-refractivity contribution in [3.63, 3.8) is 0 Å². The van der Waals surface area contributed by atoms with Crippen LogP contribution in [0, 0.1) is 10.1 Å². The van der Waals surface area contributed by atoms with E-state index >= 15 is 0 Å². The number of phenolic OH excluding ortho intramolecular Hbond substituents is 1. The molecule has 0 aromatic heterocycles. The zero-order chi connectivity index (χ0) is 14.3. The number of ether oxygens (including phenoxy) is 1. The number of aromatic hydroxyl groups is 1. The maximum absolute atomic E-state index is 10.9. The number of phenols is 1. The van der Waals surface area contributed by atoms with E-state index in [1.807, 2.05) is 6.92 Å². The fraction of sp³-hybridized carbons (Fsp3) is 0.571. The highest BCUT2D eigenvalue weighted by atomic mass is 16.6. The fourth-order valence-electron chi connectivity index (χ4n) is 1.88. The summed E-state index contributed by atoms with van der Waals surface area (Å²) in [5.41, 5.74) is -0.194. The van der Waals surface area contributed by atoms with Gasteiger partial charge < -0.3 is 9.84 Å². The monoisotopic (exact) mass is 267 g/mol. The topological polar surface area (TPSA) is 72.6 Å². The van der Waals surface area contributed by atoms with Crippen LogP contribution < -0.4 is 4.74 Å². The van der Waals surface area contributed by atoms with Crippen molar-refractivity contribution in [3.05, 3.63) is 28.3 Å². The fourth-order valence-corrected chi connectivity index (χ4v) is 1.88. The van der Waals surface area contributed by atoms with Crippen LogP contribution in [0.4, 0.5) is 5.69 Å². The first-order valence-electron chi connectivity index (χ1n) is 6.68. The Balaban J connectivity index is 2.58. The summed E-state index contributed by atoms with van der Waals surface area (Å²) in [4.78, 5) is 10.3. The molecule has 0 heterocycles. The van der Waals surface area contributed by atoms with Crippen LogP contribution in [0.2, 0.25) is 0 Å². The average molecular weight is 267 g/mol. The van der Waals surface area contributed by atoms with Crippen molar-refractivity contribution in [2.24, 2.45) is 0 Å². The smallest absolute Gasteiger partial charge is 0.314 e. The van der Waals surface area contributed by atoms with Crippen molar-refractivity contribution in [3.8, 4) is 11.5 Å². The molecule has 106 valence electrons. The van der Waals surface area contributed by atoms with Gasteiger partial charge >= 0.3 is 5.69 Å². The second-order valence-corrected chi connectivity index (χ2v) is 4.69. The maximum Gasteiger partial charge on any atom is 0.314 e. The zero-order valence-electron chi connectivity index (χ0n) is 11.5. The van der Waals surface area contributed by atoms with Gasteiger partial charge in [-0.05, 0) is 31.9 Å². The average Bonchev–Trinajstić information content (AvgIpc) is 2.36. The first kappa shape index (κ1) is 15.3. The minimum atomic E-state index is -0.543. The summed E-state index contributed by atoms with van der Waals surface area (Å²) >= 11 is 0. The summed E-state index contributed by atoms with van der Waals surface area (Å²) in [5.74, 6) is 0.0837. The standard InChI is InChI=1S/C14H21NO4/c1-3-4-5-6-7-11(2)19-14-9-8-12(16)10-13(14)15(17)18/h8-11,16H,3-7H2,1-2H3/t11-/m0/s1. The molecule has 1 N–H and O–H groups in total. The summed E-state index contributed by atoms with van der Waals surface area (Å²) in [7, 11) is 0. The second-order valence-electron chi connectivity index (χ2n) is 4.69. The SMILES string of the molecule is CCCCCC[C@H](C)Oc1ccc(O)cc1[N+](=O)[O-]. The van der Waals surface area contributed by atoms with Gasteiger partial charge in [0, 0.05) is 0 Å². The van der Waals surface area contributed by atoms with Crippen molar-refractivity contribution in [1.82, 2.24) is 0 Å². The Bertz CT molecular complexity index is 420. The summed E-state index contributed by atoms with van der Waals surface area (Å²) in [6, 6.07) is 3.95. The van der Waals surface area contributed by atoms with Crippen LogP contribution in [0.25, 0.3) is 0 Å². The van der Waals surface area contributed by atoms with E-state index in [4.69, 9.17) is 4.74 Å². The number of hydrogen-bond acceptors (Lipinski definition) is 4. The molecule has 0 radical (unpaired) electrons. The molecule has 0 aliphatic carbocycles. The van der Waals surface area contributed by atoms with E-state index < -0.39 is 4.92 Å². The van der Waals surface area contributed by atoms with Crippen molar-refractivity contribution in [2.75, 3.05) is 0 Å². The lowest BCUT2D eigenvalue weighted by molar-refractivity contribution is -0.386. The number of unbranched alkanes of at least 4 members (excludes halogenated alkanes) is 3. The van der Waals surface area contributed by atoms with Gasteiger partial charge in [-0.15, -0.1) is 0 Å². The largest absolute Gasteiger partial charge is 0.508 e. The third-order valence-electron chi connectivity index (χ3n) is 2.93. The van der Waals surface area contributed by atoms with Gasteiger partial charge in [0.25, 0.3) is 0 Å². The number of benzene rings is 1. The highest BCUT2D eigenvalue weighted by Gasteiger charge is 2.17. The third kappa shape index (κ3) is 5.16. The molecule has 1 aromatic carbocycles. The van der Waals surface area contributed by atoms with E-state index in [2.05, 4.69) is 6.92 Å². The third-order valence-corrected chi connectivity index (χ3v) is 2.93. The molecule has 19 heavy (non-hydrogen) atoms. The number of hydrogen-bond donors (Lipinski definition) is 1. The van der Waals surface area contributed by atoms with Gasteiger partial charge in [0.15, 0.2) is 5.75 Å². The predicted octanol–water partition coefficient (Wildman–Crippen LogP) is 4.04. The molecule has 5 nitrogen and oxygen atoms in total. The highest BCUT2D eigenvalue weighted by Crippen LogP contribution is 2.31. The quantitative estimate of drug-likeness (QED) is 0.438. The van der Waals surface area contributed by atoms with E-state index in [1.165, 1.54) is 25.0 Å². The first-order valence-corrected chi connectivity index (χ1v) is 6.68. The van der Waals surface area contributed by atoms with Gasteiger partial charge in [0.2, 0.25) is 0 Å².